The molecule has 3 rings (SSSR count). The Labute approximate surface area is 190 Å². The van der Waals surface area contributed by atoms with Crippen molar-refractivity contribution in [3.8, 4) is 11.3 Å². The molecule has 166 valence electrons. The number of sulfonamides is 1. The van der Waals surface area contributed by atoms with Crippen molar-refractivity contribution in [3.05, 3.63) is 76.5 Å². The topological polar surface area (TPSA) is 114 Å². The normalized spacial score (nSPS) is 11.4. The summed E-state index contributed by atoms with van der Waals surface area (Å²) in [4.78, 5) is 28.1. The van der Waals surface area contributed by atoms with E-state index >= 15 is 0 Å². The molecule has 2 N–H and O–H groups in total. The van der Waals surface area contributed by atoms with Crippen molar-refractivity contribution in [2.45, 2.75) is 6.92 Å². The molecule has 0 aliphatic carbocycles. The number of thiazole rings is 1. The minimum absolute atomic E-state index is 0.369. The maximum Gasteiger partial charge on any atom is 0.321 e. The minimum atomic E-state index is -3.83. The number of nitrogens with one attached hydrogen (secondary N) is 2. The number of aromatic nitrogens is 1. The van der Waals surface area contributed by atoms with Crippen LogP contribution in [0.4, 0.5) is 5.13 Å². The number of benzene rings is 2. The summed E-state index contributed by atoms with van der Waals surface area (Å²) in [6.07, 6.45) is 1.40. The van der Waals surface area contributed by atoms with Gasteiger partial charge in [0, 0.05) is 16.4 Å². The van der Waals surface area contributed by atoms with E-state index in [1.807, 2.05) is 42.6 Å². The molecule has 1 aromatic heterocycles. The lowest BCUT2D eigenvalue weighted by Gasteiger charge is -2.05. The van der Waals surface area contributed by atoms with E-state index < -0.39 is 35.1 Å². The van der Waals surface area contributed by atoms with Crippen molar-refractivity contribution in [1.29, 1.82) is 0 Å². The van der Waals surface area contributed by atoms with E-state index in [2.05, 4.69) is 15.0 Å². The number of hydrogen-bond acceptors (Lipinski definition) is 7. The maximum absolute atomic E-state index is 12.0. The fourth-order valence-electron chi connectivity index (χ4n) is 2.48. The van der Waals surface area contributed by atoms with E-state index in [4.69, 9.17) is 4.74 Å². The van der Waals surface area contributed by atoms with Crippen LogP contribution in [-0.2, 0) is 24.3 Å². The van der Waals surface area contributed by atoms with Crippen LogP contribution in [0.25, 0.3) is 17.3 Å². The fourth-order valence-corrected chi connectivity index (χ4v) is 3.97. The van der Waals surface area contributed by atoms with Crippen LogP contribution in [0.2, 0.25) is 0 Å². The summed E-state index contributed by atoms with van der Waals surface area (Å²) in [6, 6.07) is 16.7. The van der Waals surface area contributed by atoms with Crippen LogP contribution in [0.5, 0.6) is 0 Å². The second-order valence-corrected chi connectivity index (χ2v) is 9.20. The van der Waals surface area contributed by atoms with E-state index in [-0.39, 0.29) is 0 Å². The number of carbonyl (C=O) groups is 2. The van der Waals surface area contributed by atoms with Gasteiger partial charge in [-0.3, -0.25) is 14.9 Å². The maximum atomic E-state index is 12.0. The number of anilines is 1. The molecule has 0 saturated carbocycles. The van der Waals surface area contributed by atoms with Crippen LogP contribution in [0.3, 0.4) is 0 Å². The third-order valence-electron chi connectivity index (χ3n) is 4.12. The predicted molar refractivity (Wildman–Crippen MR) is 124 cm³/mol. The monoisotopic (exact) mass is 471 g/mol. The second-order valence-electron chi connectivity index (χ2n) is 6.69. The van der Waals surface area contributed by atoms with Crippen molar-refractivity contribution in [2.75, 3.05) is 18.5 Å². The van der Waals surface area contributed by atoms with Crippen molar-refractivity contribution in [2.24, 2.45) is 0 Å². The Morgan fingerprint density at radius 1 is 1.09 bits per heavy atom. The van der Waals surface area contributed by atoms with E-state index in [1.165, 1.54) is 17.4 Å². The van der Waals surface area contributed by atoms with Crippen LogP contribution in [0.1, 0.15) is 11.1 Å². The second kappa shape index (κ2) is 10.8. The van der Waals surface area contributed by atoms with Crippen molar-refractivity contribution in [1.82, 2.24) is 9.71 Å². The first-order valence-corrected chi connectivity index (χ1v) is 11.9. The van der Waals surface area contributed by atoms with Gasteiger partial charge in [0.25, 0.3) is 5.91 Å². The van der Waals surface area contributed by atoms with Crippen molar-refractivity contribution >= 4 is 44.4 Å². The molecule has 10 heteroatoms. The lowest BCUT2D eigenvalue weighted by atomic mass is 10.1. The molecule has 8 nitrogen and oxygen atoms in total. The molecular formula is C22H21N3O5S2. The largest absolute Gasteiger partial charge is 0.455 e. The first kappa shape index (κ1) is 23.3. The average Bonchev–Trinajstić information content (AvgIpc) is 3.24. The summed E-state index contributed by atoms with van der Waals surface area (Å²) < 4.78 is 30.8. The van der Waals surface area contributed by atoms with E-state index in [0.717, 1.165) is 22.2 Å². The molecule has 0 spiro atoms. The summed E-state index contributed by atoms with van der Waals surface area (Å²) >= 11 is 1.25. The smallest absolute Gasteiger partial charge is 0.321 e. The van der Waals surface area contributed by atoms with E-state index in [0.29, 0.717) is 10.7 Å². The highest BCUT2D eigenvalue weighted by molar-refractivity contribution is 7.92. The third-order valence-corrected chi connectivity index (χ3v) is 5.92. The van der Waals surface area contributed by atoms with Crippen LogP contribution in [0.15, 0.2) is 65.4 Å². The average molecular weight is 472 g/mol. The van der Waals surface area contributed by atoms with E-state index in [9.17, 15) is 18.0 Å². The van der Waals surface area contributed by atoms with E-state index in [1.54, 1.807) is 24.3 Å². The number of hydrogen-bond donors (Lipinski definition) is 2. The van der Waals surface area contributed by atoms with Crippen LogP contribution in [-0.4, -0.2) is 38.4 Å². The van der Waals surface area contributed by atoms with Gasteiger partial charge >= 0.3 is 5.97 Å². The Morgan fingerprint density at radius 3 is 2.53 bits per heavy atom. The lowest BCUT2D eigenvalue weighted by molar-refractivity contribution is -0.146. The quantitative estimate of drug-likeness (QED) is 0.463. The Hall–Kier alpha value is -3.34. The SMILES string of the molecule is Cc1ccc(-c2csc(NC(=O)COC(=O)CNS(=O)(=O)C=Cc3ccccc3)n2)cc1. The van der Waals surface area contributed by atoms with Crippen LogP contribution < -0.4 is 10.0 Å². The zero-order valence-corrected chi connectivity index (χ0v) is 18.8. The molecule has 0 aliphatic heterocycles. The molecular weight excluding hydrogens is 450 g/mol. The third kappa shape index (κ3) is 7.41. The molecule has 3 aromatic rings. The fraction of sp³-hybridized carbons (Fsp3) is 0.136. The highest BCUT2D eigenvalue weighted by Crippen LogP contribution is 2.25. The molecule has 0 atom stereocenters. The molecule has 32 heavy (non-hydrogen) atoms. The molecule has 1 amide bonds. The molecule has 0 saturated heterocycles. The van der Waals surface area contributed by atoms with Crippen molar-refractivity contribution < 1.29 is 22.7 Å². The Bertz CT molecular complexity index is 1200. The standard InChI is InChI=1S/C22H21N3O5S2/c1-16-7-9-18(10-8-16)19-15-31-22(24-19)25-20(26)14-30-21(27)13-23-32(28,29)12-11-17-5-3-2-4-6-17/h2-12,15,23H,13-14H2,1H3,(H,24,25,26). The van der Waals surface area contributed by atoms with Crippen molar-refractivity contribution in [3.63, 3.8) is 0 Å². The zero-order valence-electron chi connectivity index (χ0n) is 17.1. The summed E-state index contributed by atoms with van der Waals surface area (Å²) in [5.74, 6) is -1.45. The molecule has 0 bridgehead atoms. The zero-order chi connectivity index (χ0) is 23.0. The van der Waals surface area contributed by atoms with Crippen LogP contribution >= 0.6 is 11.3 Å². The number of ether oxygens (including phenoxy) is 1. The Morgan fingerprint density at radius 2 is 1.81 bits per heavy atom. The van der Waals surface area contributed by atoms with Gasteiger partial charge in [0.05, 0.1) is 5.69 Å². The molecule has 1 heterocycles. The number of nitrogens with zero attached hydrogens (tertiary/aromatic N) is 1. The number of aryl methyl sites for hydroxylation is 1. The Balaban J connectivity index is 1.42. The van der Waals surface area contributed by atoms with Gasteiger partial charge in [0.15, 0.2) is 11.7 Å². The predicted octanol–water partition coefficient (Wildman–Crippen LogP) is 3.19. The van der Waals surface area contributed by atoms with Gasteiger partial charge in [0.2, 0.25) is 10.0 Å². The molecule has 0 fully saturated rings. The van der Waals surface area contributed by atoms with Crippen LogP contribution in [0, 0.1) is 6.92 Å². The van der Waals surface area contributed by atoms with Gasteiger partial charge in [-0.2, -0.15) is 0 Å². The summed E-state index contributed by atoms with van der Waals surface area (Å²) in [5.41, 5.74) is 3.48. The number of carbonyl (C=O) groups excluding carboxylic acids is 2. The highest BCUT2D eigenvalue weighted by Gasteiger charge is 2.13. The van der Waals surface area contributed by atoms with Gasteiger partial charge < -0.3 is 4.74 Å². The van der Waals surface area contributed by atoms with Gasteiger partial charge in [-0.25, -0.2) is 18.1 Å². The van der Waals surface area contributed by atoms with Gasteiger partial charge in [0.1, 0.15) is 6.54 Å². The number of esters is 1. The highest BCUT2D eigenvalue weighted by atomic mass is 32.2. The summed E-state index contributed by atoms with van der Waals surface area (Å²) in [5, 5.41) is 5.68. The number of rotatable bonds is 9. The molecule has 2 aromatic carbocycles. The van der Waals surface area contributed by atoms with Gasteiger partial charge in [-0.1, -0.05) is 60.2 Å². The lowest BCUT2D eigenvalue weighted by Crippen LogP contribution is -2.31. The number of amides is 1. The van der Waals surface area contributed by atoms with Gasteiger partial charge in [-0.05, 0) is 18.6 Å². The first-order chi connectivity index (χ1) is 15.3. The molecule has 0 radical (unpaired) electrons. The molecule has 0 aliphatic rings. The summed E-state index contributed by atoms with van der Waals surface area (Å²) in [6.45, 7) is 0.841. The first-order valence-electron chi connectivity index (χ1n) is 9.51. The minimum Gasteiger partial charge on any atom is -0.455 e. The summed E-state index contributed by atoms with van der Waals surface area (Å²) in [7, 11) is -3.83. The van der Waals surface area contributed by atoms with Gasteiger partial charge in [-0.15, -0.1) is 11.3 Å². The Kier molecular flexibility index (Phi) is 7.87. The molecule has 0 unspecified atom stereocenters.